The third-order valence-electron chi connectivity index (χ3n) is 1.95. The lowest BCUT2D eigenvalue weighted by Crippen LogP contribution is -2.08. The summed E-state index contributed by atoms with van der Waals surface area (Å²) in [5.41, 5.74) is 1.61. The molecule has 0 aliphatic carbocycles. The van der Waals surface area contributed by atoms with Gasteiger partial charge in [0.05, 0.1) is 18.0 Å². The smallest absolute Gasteiger partial charge is 0.313 e. The van der Waals surface area contributed by atoms with E-state index in [1.807, 2.05) is 32.9 Å². The Kier molecular flexibility index (Phi) is 8.27. The fourth-order valence-corrected chi connectivity index (χ4v) is 1.33. The minimum Gasteiger partial charge on any atom is -0.466 e. The van der Waals surface area contributed by atoms with Crippen LogP contribution in [0.15, 0.2) is 12.7 Å². The van der Waals surface area contributed by atoms with Gasteiger partial charge in [-0.2, -0.15) is 0 Å². The van der Waals surface area contributed by atoms with E-state index in [9.17, 15) is 4.79 Å². The number of imidazole rings is 1. The van der Waals surface area contributed by atoms with Gasteiger partial charge in [-0.3, -0.25) is 4.79 Å². The molecule has 0 fully saturated rings. The predicted octanol–water partition coefficient (Wildman–Crippen LogP) is 3.22. The maximum atomic E-state index is 11.3. The summed E-state index contributed by atoms with van der Waals surface area (Å²) < 4.78 is 4.85. The van der Waals surface area contributed by atoms with E-state index >= 15 is 0 Å². The van der Waals surface area contributed by atoms with Gasteiger partial charge in [0.1, 0.15) is 12.2 Å². The summed E-state index contributed by atoms with van der Waals surface area (Å²) in [6.45, 7) is 11.7. The fraction of sp³-hybridized carbons (Fsp3) is 0.429. The van der Waals surface area contributed by atoms with Crippen LogP contribution in [0, 0.1) is 0 Å². The van der Waals surface area contributed by atoms with Crippen molar-refractivity contribution in [1.82, 2.24) is 9.97 Å². The molecule has 4 nitrogen and oxygen atoms in total. The number of allylic oxidation sites excluding steroid dienone is 1. The molecule has 0 saturated heterocycles. The topological polar surface area (TPSA) is 55.0 Å². The molecule has 0 radical (unpaired) electrons. The molecule has 18 heavy (non-hydrogen) atoms. The summed E-state index contributed by atoms with van der Waals surface area (Å²) in [6.07, 6.45) is 5.60. The van der Waals surface area contributed by atoms with E-state index in [4.69, 9.17) is 4.74 Å². The average Bonchev–Trinajstić information content (AvgIpc) is 2.74. The zero-order valence-corrected chi connectivity index (χ0v) is 11.6. The average molecular weight is 250 g/mol. The van der Waals surface area contributed by atoms with Gasteiger partial charge in [0.25, 0.3) is 0 Å². The van der Waals surface area contributed by atoms with Crippen LogP contribution in [0.2, 0.25) is 0 Å². The van der Waals surface area contributed by atoms with E-state index in [2.05, 4.69) is 16.5 Å². The SMILES string of the molecule is C=Cc1nc(CC(=O)OCC)[nH]c1/C=C\C.CC. The Bertz CT molecular complexity index is 406. The number of aromatic amines is 1. The van der Waals surface area contributed by atoms with Gasteiger partial charge in [0.2, 0.25) is 0 Å². The molecule has 0 spiro atoms. The van der Waals surface area contributed by atoms with Crippen LogP contribution in [0.5, 0.6) is 0 Å². The molecule has 0 atom stereocenters. The first-order chi connectivity index (χ1) is 8.71. The standard InChI is InChI=1S/C12H16N2O2.C2H6/c1-4-7-10-9(5-2)13-11(14-10)8-12(15)16-6-3;1-2/h4-5,7H,2,6,8H2,1,3H3,(H,13,14);1-2H3/b7-4-;. The van der Waals surface area contributed by atoms with E-state index in [-0.39, 0.29) is 12.4 Å². The molecule has 1 heterocycles. The Labute approximate surface area is 109 Å². The zero-order chi connectivity index (χ0) is 14.0. The van der Waals surface area contributed by atoms with Gasteiger partial charge in [-0.05, 0) is 26.0 Å². The van der Waals surface area contributed by atoms with Crippen molar-refractivity contribution in [2.75, 3.05) is 6.61 Å². The van der Waals surface area contributed by atoms with Gasteiger partial charge < -0.3 is 9.72 Å². The van der Waals surface area contributed by atoms with Gasteiger partial charge in [-0.25, -0.2) is 4.98 Å². The van der Waals surface area contributed by atoms with E-state index in [0.29, 0.717) is 12.4 Å². The second kappa shape index (κ2) is 9.22. The van der Waals surface area contributed by atoms with Crippen LogP contribution in [-0.2, 0) is 16.0 Å². The van der Waals surface area contributed by atoms with Crippen molar-refractivity contribution in [1.29, 1.82) is 0 Å². The first kappa shape index (κ1) is 16.2. The van der Waals surface area contributed by atoms with E-state index in [0.717, 1.165) is 11.4 Å². The van der Waals surface area contributed by atoms with Crippen LogP contribution in [0.25, 0.3) is 12.2 Å². The minimum atomic E-state index is -0.279. The summed E-state index contributed by atoms with van der Waals surface area (Å²) in [4.78, 5) is 18.5. The van der Waals surface area contributed by atoms with Crippen molar-refractivity contribution in [3.8, 4) is 0 Å². The second-order valence-electron chi connectivity index (χ2n) is 3.17. The van der Waals surface area contributed by atoms with E-state index in [1.165, 1.54) is 0 Å². The highest BCUT2D eigenvalue weighted by atomic mass is 16.5. The number of H-pyrrole nitrogens is 1. The van der Waals surface area contributed by atoms with Gasteiger partial charge in [-0.15, -0.1) is 0 Å². The Hall–Kier alpha value is -1.84. The van der Waals surface area contributed by atoms with Crippen molar-refractivity contribution < 1.29 is 9.53 Å². The fourth-order valence-electron chi connectivity index (χ4n) is 1.33. The summed E-state index contributed by atoms with van der Waals surface area (Å²) in [7, 11) is 0. The molecular formula is C14H22N2O2. The largest absolute Gasteiger partial charge is 0.466 e. The molecule has 0 aliphatic rings. The number of carbonyl (C=O) groups is 1. The highest BCUT2D eigenvalue weighted by Crippen LogP contribution is 2.10. The molecule has 1 aromatic heterocycles. The van der Waals surface area contributed by atoms with Gasteiger partial charge in [0, 0.05) is 0 Å². The van der Waals surface area contributed by atoms with Gasteiger partial charge in [-0.1, -0.05) is 26.5 Å². The molecule has 0 aromatic carbocycles. The first-order valence-electron chi connectivity index (χ1n) is 6.20. The monoisotopic (exact) mass is 250 g/mol. The number of aromatic nitrogens is 2. The summed E-state index contributed by atoms with van der Waals surface area (Å²) in [5.74, 6) is 0.320. The lowest BCUT2D eigenvalue weighted by Gasteiger charge is -1.97. The Morgan fingerprint density at radius 1 is 1.50 bits per heavy atom. The highest BCUT2D eigenvalue weighted by Gasteiger charge is 2.09. The minimum absolute atomic E-state index is 0.159. The number of hydrogen-bond donors (Lipinski definition) is 1. The molecule has 0 unspecified atom stereocenters. The van der Waals surface area contributed by atoms with Crippen LogP contribution in [0.1, 0.15) is 44.9 Å². The molecule has 0 saturated carbocycles. The molecule has 0 aliphatic heterocycles. The molecule has 100 valence electrons. The first-order valence-corrected chi connectivity index (χ1v) is 6.20. The molecule has 0 amide bonds. The number of hydrogen-bond acceptors (Lipinski definition) is 3. The van der Waals surface area contributed by atoms with Crippen LogP contribution in [0.3, 0.4) is 0 Å². The number of nitrogens with one attached hydrogen (secondary N) is 1. The van der Waals surface area contributed by atoms with Crippen LogP contribution in [-0.4, -0.2) is 22.5 Å². The van der Waals surface area contributed by atoms with Crippen molar-refractivity contribution in [2.24, 2.45) is 0 Å². The molecule has 0 bridgehead atoms. The number of nitrogens with zero attached hydrogens (tertiary/aromatic N) is 1. The summed E-state index contributed by atoms with van der Waals surface area (Å²) in [6, 6.07) is 0. The number of carbonyl (C=O) groups excluding carboxylic acids is 1. The number of rotatable bonds is 5. The van der Waals surface area contributed by atoms with Crippen LogP contribution >= 0.6 is 0 Å². The molecule has 1 rings (SSSR count). The third-order valence-corrected chi connectivity index (χ3v) is 1.95. The maximum absolute atomic E-state index is 11.3. The van der Waals surface area contributed by atoms with Crippen LogP contribution in [0.4, 0.5) is 0 Å². The van der Waals surface area contributed by atoms with Crippen LogP contribution < -0.4 is 0 Å². The molecular weight excluding hydrogens is 228 g/mol. The lowest BCUT2D eigenvalue weighted by atomic mass is 10.3. The normalized spacial score (nSPS) is 9.78. The van der Waals surface area contributed by atoms with Crippen molar-refractivity contribution in [2.45, 2.75) is 34.1 Å². The Balaban J connectivity index is 0.00000137. The predicted molar refractivity (Wildman–Crippen MR) is 75.1 cm³/mol. The Morgan fingerprint density at radius 2 is 2.17 bits per heavy atom. The zero-order valence-electron chi connectivity index (χ0n) is 11.6. The highest BCUT2D eigenvalue weighted by molar-refractivity contribution is 5.72. The van der Waals surface area contributed by atoms with E-state index < -0.39 is 0 Å². The molecule has 1 aromatic rings. The van der Waals surface area contributed by atoms with E-state index in [1.54, 1.807) is 13.0 Å². The summed E-state index contributed by atoms with van der Waals surface area (Å²) >= 11 is 0. The number of ether oxygens (including phenoxy) is 1. The molecule has 1 N–H and O–H groups in total. The Morgan fingerprint density at radius 3 is 2.67 bits per heavy atom. The second-order valence-corrected chi connectivity index (χ2v) is 3.17. The van der Waals surface area contributed by atoms with Gasteiger partial charge >= 0.3 is 5.97 Å². The lowest BCUT2D eigenvalue weighted by molar-refractivity contribution is -0.142. The number of esters is 1. The summed E-state index contributed by atoms with van der Waals surface area (Å²) in [5, 5.41) is 0. The third kappa shape index (κ3) is 4.99. The van der Waals surface area contributed by atoms with Crippen molar-refractivity contribution >= 4 is 18.1 Å². The quantitative estimate of drug-likeness (QED) is 0.816. The maximum Gasteiger partial charge on any atom is 0.313 e. The molecule has 4 heteroatoms. The van der Waals surface area contributed by atoms with Gasteiger partial charge in [0.15, 0.2) is 0 Å². The van der Waals surface area contributed by atoms with Crippen molar-refractivity contribution in [3.05, 3.63) is 29.9 Å². The van der Waals surface area contributed by atoms with Crippen molar-refractivity contribution in [3.63, 3.8) is 0 Å².